The van der Waals surface area contributed by atoms with E-state index in [-0.39, 0.29) is 6.04 Å². The van der Waals surface area contributed by atoms with Crippen LogP contribution in [0.3, 0.4) is 0 Å². The van der Waals surface area contributed by atoms with Crippen molar-refractivity contribution in [3.05, 3.63) is 42.2 Å². The third-order valence-corrected chi connectivity index (χ3v) is 3.89. The number of aliphatic imine (C=N–C) groups is 1. The van der Waals surface area contributed by atoms with Crippen molar-refractivity contribution in [2.45, 2.75) is 38.1 Å². The SMILES string of the molecule is COC1=NC(Cc2conc2-c2ccccc2)CCCC1. The number of hydrogen-bond donors (Lipinski definition) is 0. The highest BCUT2D eigenvalue weighted by atomic mass is 16.5. The first kappa shape index (κ1) is 13.9. The zero-order chi connectivity index (χ0) is 14.5. The van der Waals surface area contributed by atoms with E-state index in [2.05, 4.69) is 17.3 Å². The van der Waals surface area contributed by atoms with Gasteiger partial charge in [0.1, 0.15) is 12.0 Å². The average molecular weight is 284 g/mol. The summed E-state index contributed by atoms with van der Waals surface area (Å²) in [4.78, 5) is 4.73. The van der Waals surface area contributed by atoms with Gasteiger partial charge in [0.15, 0.2) is 5.90 Å². The van der Waals surface area contributed by atoms with Gasteiger partial charge >= 0.3 is 0 Å². The van der Waals surface area contributed by atoms with Gasteiger partial charge in [0, 0.05) is 24.0 Å². The standard InChI is InChI=1S/C17H20N2O2/c1-20-16-10-6-5-9-15(18-16)11-14-12-21-19-17(14)13-7-3-2-4-8-13/h2-4,7-8,12,15H,5-6,9-11H2,1H3. The molecular weight excluding hydrogens is 264 g/mol. The largest absolute Gasteiger partial charge is 0.484 e. The second-order valence-corrected chi connectivity index (χ2v) is 5.39. The highest BCUT2D eigenvalue weighted by Crippen LogP contribution is 2.25. The van der Waals surface area contributed by atoms with Crippen molar-refractivity contribution in [1.82, 2.24) is 5.16 Å². The lowest BCUT2D eigenvalue weighted by Crippen LogP contribution is -2.11. The number of benzene rings is 1. The molecule has 1 aliphatic rings. The van der Waals surface area contributed by atoms with Gasteiger partial charge in [-0.15, -0.1) is 0 Å². The normalized spacial score (nSPS) is 18.9. The minimum absolute atomic E-state index is 0.254. The van der Waals surface area contributed by atoms with Crippen molar-refractivity contribution in [2.24, 2.45) is 4.99 Å². The quantitative estimate of drug-likeness (QED) is 0.859. The molecule has 0 saturated carbocycles. The van der Waals surface area contributed by atoms with E-state index < -0.39 is 0 Å². The van der Waals surface area contributed by atoms with Crippen LogP contribution in [0.5, 0.6) is 0 Å². The molecule has 0 aliphatic carbocycles. The van der Waals surface area contributed by atoms with E-state index >= 15 is 0 Å². The molecule has 0 radical (unpaired) electrons. The van der Waals surface area contributed by atoms with Crippen LogP contribution < -0.4 is 0 Å². The van der Waals surface area contributed by atoms with Crippen LogP contribution in [0.2, 0.25) is 0 Å². The van der Waals surface area contributed by atoms with E-state index in [1.54, 1.807) is 13.4 Å². The topological polar surface area (TPSA) is 47.6 Å². The number of ether oxygens (including phenoxy) is 1. The minimum atomic E-state index is 0.254. The van der Waals surface area contributed by atoms with Crippen LogP contribution in [0, 0.1) is 0 Å². The molecule has 4 heteroatoms. The molecule has 4 nitrogen and oxygen atoms in total. The average Bonchev–Trinajstić information content (AvgIpc) is 2.86. The zero-order valence-electron chi connectivity index (χ0n) is 12.3. The second-order valence-electron chi connectivity index (χ2n) is 5.39. The molecule has 1 atom stereocenters. The lowest BCUT2D eigenvalue weighted by Gasteiger charge is -2.10. The van der Waals surface area contributed by atoms with Crippen LogP contribution >= 0.6 is 0 Å². The fourth-order valence-corrected chi connectivity index (χ4v) is 2.78. The number of methoxy groups -OCH3 is 1. The van der Waals surface area contributed by atoms with E-state index in [0.29, 0.717) is 0 Å². The summed E-state index contributed by atoms with van der Waals surface area (Å²) < 4.78 is 10.5. The molecule has 0 spiro atoms. The van der Waals surface area contributed by atoms with Crippen LogP contribution in [-0.2, 0) is 11.2 Å². The fraction of sp³-hybridized carbons (Fsp3) is 0.412. The van der Waals surface area contributed by atoms with Gasteiger partial charge < -0.3 is 9.26 Å². The molecule has 1 aliphatic heterocycles. The Hall–Kier alpha value is -2.10. The monoisotopic (exact) mass is 284 g/mol. The Kier molecular flexibility index (Phi) is 4.34. The Morgan fingerprint density at radius 3 is 2.90 bits per heavy atom. The van der Waals surface area contributed by atoms with Gasteiger partial charge in [-0.25, -0.2) is 0 Å². The molecule has 0 bridgehead atoms. The Bertz CT molecular complexity index is 604. The van der Waals surface area contributed by atoms with Crippen LogP contribution in [0.25, 0.3) is 11.3 Å². The fourth-order valence-electron chi connectivity index (χ4n) is 2.78. The Labute approximate surface area is 124 Å². The van der Waals surface area contributed by atoms with Crippen molar-refractivity contribution >= 4 is 5.90 Å². The van der Waals surface area contributed by atoms with Gasteiger partial charge in [-0.2, -0.15) is 0 Å². The molecule has 1 aromatic heterocycles. The van der Waals surface area contributed by atoms with Gasteiger partial charge in [0.05, 0.1) is 13.2 Å². The summed E-state index contributed by atoms with van der Waals surface area (Å²) in [6.07, 6.45) is 6.97. The van der Waals surface area contributed by atoms with E-state index in [1.165, 1.54) is 6.42 Å². The number of hydrogen-bond acceptors (Lipinski definition) is 4. The first-order valence-electron chi connectivity index (χ1n) is 7.46. The van der Waals surface area contributed by atoms with Crippen molar-refractivity contribution in [3.8, 4) is 11.3 Å². The number of rotatable bonds is 3. The maximum absolute atomic E-state index is 5.35. The number of nitrogens with zero attached hydrogens (tertiary/aromatic N) is 2. The number of aromatic nitrogens is 1. The van der Waals surface area contributed by atoms with Crippen molar-refractivity contribution in [2.75, 3.05) is 7.11 Å². The summed E-state index contributed by atoms with van der Waals surface area (Å²) in [6, 6.07) is 10.4. The van der Waals surface area contributed by atoms with Gasteiger partial charge in [0.25, 0.3) is 0 Å². The zero-order valence-corrected chi connectivity index (χ0v) is 12.3. The predicted molar refractivity (Wildman–Crippen MR) is 82.3 cm³/mol. The summed E-state index contributed by atoms with van der Waals surface area (Å²) in [5, 5.41) is 4.16. The van der Waals surface area contributed by atoms with Crippen LogP contribution in [0.15, 0.2) is 46.1 Å². The summed E-state index contributed by atoms with van der Waals surface area (Å²) in [7, 11) is 1.70. The Morgan fingerprint density at radius 2 is 2.10 bits per heavy atom. The van der Waals surface area contributed by atoms with E-state index in [9.17, 15) is 0 Å². The maximum atomic E-state index is 5.35. The summed E-state index contributed by atoms with van der Waals surface area (Å²) >= 11 is 0. The molecule has 21 heavy (non-hydrogen) atoms. The first-order chi connectivity index (χ1) is 10.4. The molecule has 2 heterocycles. The van der Waals surface area contributed by atoms with Gasteiger partial charge in [-0.1, -0.05) is 41.9 Å². The van der Waals surface area contributed by atoms with Crippen LogP contribution in [-0.4, -0.2) is 24.2 Å². The molecule has 0 amide bonds. The highest BCUT2D eigenvalue weighted by Gasteiger charge is 2.18. The molecule has 1 aromatic carbocycles. The lowest BCUT2D eigenvalue weighted by atomic mass is 10.00. The molecule has 0 fully saturated rings. The Balaban J connectivity index is 1.81. The lowest BCUT2D eigenvalue weighted by molar-refractivity contribution is 0.386. The smallest absolute Gasteiger partial charge is 0.183 e. The van der Waals surface area contributed by atoms with Gasteiger partial charge in [-0.3, -0.25) is 4.99 Å². The van der Waals surface area contributed by atoms with Crippen molar-refractivity contribution < 1.29 is 9.26 Å². The molecule has 0 saturated heterocycles. The third-order valence-electron chi connectivity index (χ3n) is 3.89. The van der Waals surface area contributed by atoms with E-state index in [0.717, 1.165) is 48.4 Å². The van der Waals surface area contributed by atoms with Gasteiger partial charge in [-0.05, 0) is 12.8 Å². The van der Waals surface area contributed by atoms with E-state index in [4.69, 9.17) is 14.3 Å². The maximum Gasteiger partial charge on any atom is 0.183 e. The molecular formula is C17H20N2O2. The molecule has 3 rings (SSSR count). The second kappa shape index (κ2) is 6.57. The molecule has 110 valence electrons. The summed E-state index contributed by atoms with van der Waals surface area (Å²) in [5.41, 5.74) is 3.13. The predicted octanol–water partition coefficient (Wildman–Crippen LogP) is 3.87. The first-order valence-corrected chi connectivity index (χ1v) is 7.46. The van der Waals surface area contributed by atoms with Crippen LogP contribution in [0.4, 0.5) is 0 Å². The van der Waals surface area contributed by atoms with E-state index in [1.807, 2.05) is 18.2 Å². The Morgan fingerprint density at radius 1 is 1.24 bits per heavy atom. The highest BCUT2D eigenvalue weighted by molar-refractivity contribution is 5.76. The summed E-state index contributed by atoms with van der Waals surface area (Å²) in [5.74, 6) is 0.871. The van der Waals surface area contributed by atoms with Crippen LogP contribution in [0.1, 0.15) is 31.2 Å². The van der Waals surface area contributed by atoms with Crippen molar-refractivity contribution in [1.29, 1.82) is 0 Å². The van der Waals surface area contributed by atoms with Crippen molar-refractivity contribution in [3.63, 3.8) is 0 Å². The molecule has 0 N–H and O–H groups in total. The minimum Gasteiger partial charge on any atom is -0.484 e. The molecule has 1 unspecified atom stereocenters. The van der Waals surface area contributed by atoms with Gasteiger partial charge in [0.2, 0.25) is 0 Å². The third kappa shape index (κ3) is 3.32. The summed E-state index contributed by atoms with van der Waals surface area (Å²) in [6.45, 7) is 0. The molecule has 2 aromatic rings.